The van der Waals surface area contributed by atoms with Gasteiger partial charge in [-0.1, -0.05) is 0 Å². The molecule has 0 bridgehead atoms. The largest absolute Gasteiger partial charge is 0.491 e. The zero-order chi connectivity index (χ0) is 30.8. The maximum absolute atomic E-state index is 15.5. The standard InChI is InChI=1S/C32H31F2N5O5/c1-20-19-42-14-12-38(20)13-15-43-24-17-26-29(37-18-24)28(8-11-36-26)44-27-7-6-23(16-25(27)34)39(22-4-2-21(33)3-5-22)31(41)32(9-10-32)30(35)40/h2-8,11,16-18,20H,9-10,12-15,19H2,1H3,(H2,35,40)/t20-/m0/s1. The molecule has 2 aliphatic rings. The van der Waals surface area contributed by atoms with E-state index < -0.39 is 28.9 Å². The molecule has 1 saturated heterocycles. The Kier molecular flexibility index (Phi) is 8.11. The lowest BCUT2D eigenvalue weighted by molar-refractivity contribution is -0.133. The van der Waals surface area contributed by atoms with Crippen LogP contribution in [0.4, 0.5) is 20.2 Å². The minimum absolute atomic E-state index is 0.120. The number of amides is 2. The lowest BCUT2D eigenvalue weighted by Gasteiger charge is -2.32. The smallest absolute Gasteiger partial charge is 0.247 e. The number of ether oxygens (including phenoxy) is 3. The van der Waals surface area contributed by atoms with Crippen molar-refractivity contribution in [1.82, 2.24) is 14.9 Å². The molecular weight excluding hydrogens is 572 g/mol. The Balaban J connectivity index is 1.21. The first-order chi connectivity index (χ1) is 21.2. The number of hydrogen-bond acceptors (Lipinski definition) is 8. The van der Waals surface area contributed by atoms with Crippen LogP contribution in [0.3, 0.4) is 0 Å². The summed E-state index contributed by atoms with van der Waals surface area (Å²) in [5, 5.41) is 0. The van der Waals surface area contributed by atoms with Crippen molar-refractivity contribution in [3.05, 3.63) is 78.6 Å². The molecule has 1 atom stereocenters. The van der Waals surface area contributed by atoms with Gasteiger partial charge in [-0.3, -0.25) is 24.4 Å². The van der Waals surface area contributed by atoms with E-state index in [4.69, 9.17) is 19.9 Å². The van der Waals surface area contributed by atoms with E-state index in [0.29, 0.717) is 42.6 Å². The summed E-state index contributed by atoms with van der Waals surface area (Å²) in [6.45, 7) is 5.61. The van der Waals surface area contributed by atoms with E-state index in [1.165, 1.54) is 47.5 Å². The van der Waals surface area contributed by atoms with Gasteiger partial charge < -0.3 is 19.9 Å². The van der Waals surface area contributed by atoms with Crippen LogP contribution in [0.1, 0.15) is 19.8 Å². The number of morpholine rings is 1. The molecule has 0 radical (unpaired) electrons. The third-order valence-corrected chi connectivity index (χ3v) is 7.98. The number of primary amides is 1. The highest BCUT2D eigenvalue weighted by atomic mass is 19.1. The van der Waals surface area contributed by atoms with Gasteiger partial charge in [0, 0.05) is 49.2 Å². The van der Waals surface area contributed by atoms with Crippen LogP contribution in [0.15, 0.2) is 67.0 Å². The van der Waals surface area contributed by atoms with Gasteiger partial charge in [-0.15, -0.1) is 0 Å². The van der Waals surface area contributed by atoms with Gasteiger partial charge in [0.25, 0.3) is 0 Å². The van der Waals surface area contributed by atoms with Crippen LogP contribution in [0.5, 0.6) is 17.2 Å². The summed E-state index contributed by atoms with van der Waals surface area (Å²) in [6, 6.07) is 12.7. The Hall–Kier alpha value is -4.68. The summed E-state index contributed by atoms with van der Waals surface area (Å²) in [6.07, 6.45) is 3.66. The number of carbonyl (C=O) groups excluding carboxylic acids is 2. The summed E-state index contributed by atoms with van der Waals surface area (Å²) in [5.74, 6) is -1.94. The van der Waals surface area contributed by atoms with Gasteiger partial charge in [-0.2, -0.15) is 0 Å². The first-order valence-electron chi connectivity index (χ1n) is 14.3. The number of rotatable bonds is 10. The van der Waals surface area contributed by atoms with Crippen LogP contribution >= 0.6 is 0 Å². The zero-order valence-electron chi connectivity index (χ0n) is 24.0. The molecule has 6 rings (SSSR count). The van der Waals surface area contributed by atoms with E-state index in [9.17, 15) is 14.0 Å². The van der Waals surface area contributed by atoms with Gasteiger partial charge in [0.15, 0.2) is 17.3 Å². The third kappa shape index (κ3) is 5.90. The van der Waals surface area contributed by atoms with E-state index in [1.54, 1.807) is 18.3 Å². The Morgan fingerprint density at radius 3 is 2.55 bits per heavy atom. The Morgan fingerprint density at radius 1 is 1.07 bits per heavy atom. The summed E-state index contributed by atoms with van der Waals surface area (Å²) in [5.41, 5.74) is 5.46. The number of benzene rings is 2. The number of aromatic nitrogens is 2. The maximum Gasteiger partial charge on any atom is 0.247 e. The Morgan fingerprint density at radius 2 is 1.84 bits per heavy atom. The highest BCUT2D eigenvalue weighted by Gasteiger charge is 2.57. The quantitative estimate of drug-likeness (QED) is 0.259. The lowest BCUT2D eigenvalue weighted by Crippen LogP contribution is -2.45. The first-order valence-corrected chi connectivity index (χ1v) is 14.3. The van der Waals surface area contributed by atoms with Crippen molar-refractivity contribution in [2.75, 3.05) is 37.8 Å². The highest BCUT2D eigenvalue weighted by Crippen LogP contribution is 2.49. The van der Waals surface area contributed by atoms with Crippen LogP contribution in [-0.2, 0) is 14.3 Å². The van der Waals surface area contributed by atoms with Gasteiger partial charge in [0.2, 0.25) is 11.8 Å². The Bertz CT molecular complexity index is 1700. The number of pyridine rings is 2. The van der Waals surface area contributed by atoms with Crippen LogP contribution in [-0.4, -0.2) is 65.6 Å². The second-order valence-electron chi connectivity index (χ2n) is 10.9. The average Bonchev–Trinajstić information content (AvgIpc) is 3.83. The maximum atomic E-state index is 15.5. The summed E-state index contributed by atoms with van der Waals surface area (Å²) >= 11 is 0. The topological polar surface area (TPSA) is 120 Å². The van der Waals surface area contributed by atoms with E-state index in [1.807, 2.05) is 0 Å². The van der Waals surface area contributed by atoms with Crippen molar-refractivity contribution in [1.29, 1.82) is 0 Å². The normalized spacial score (nSPS) is 17.7. The van der Waals surface area contributed by atoms with Crippen molar-refractivity contribution in [2.45, 2.75) is 25.8 Å². The molecular formula is C32H31F2N5O5. The van der Waals surface area contributed by atoms with E-state index in [2.05, 4.69) is 21.8 Å². The molecule has 1 aliphatic heterocycles. The predicted octanol–water partition coefficient (Wildman–Crippen LogP) is 4.73. The van der Waals surface area contributed by atoms with Crippen molar-refractivity contribution < 1.29 is 32.6 Å². The molecule has 2 amide bonds. The molecule has 2 aromatic carbocycles. The number of fused-ring (bicyclic) bond motifs is 1. The van der Waals surface area contributed by atoms with Crippen molar-refractivity contribution in [2.24, 2.45) is 11.1 Å². The predicted molar refractivity (Wildman–Crippen MR) is 158 cm³/mol. The molecule has 12 heteroatoms. The molecule has 3 heterocycles. The lowest BCUT2D eigenvalue weighted by atomic mass is 10.0. The van der Waals surface area contributed by atoms with Gasteiger partial charge in [-0.25, -0.2) is 13.8 Å². The Labute approximate surface area is 252 Å². The molecule has 2 N–H and O–H groups in total. The molecule has 1 saturated carbocycles. The van der Waals surface area contributed by atoms with Gasteiger partial charge in [0.05, 0.1) is 30.6 Å². The summed E-state index contributed by atoms with van der Waals surface area (Å²) in [7, 11) is 0. The third-order valence-electron chi connectivity index (χ3n) is 7.98. The van der Waals surface area contributed by atoms with E-state index >= 15 is 4.39 Å². The zero-order valence-corrected chi connectivity index (χ0v) is 24.0. The minimum Gasteiger partial charge on any atom is -0.491 e. The summed E-state index contributed by atoms with van der Waals surface area (Å²) in [4.78, 5) is 37.9. The van der Waals surface area contributed by atoms with Crippen LogP contribution in [0, 0.1) is 17.0 Å². The molecule has 44 heavy (non-hydrogen) atoms. The van der Waals surface area contributed by atoms with Crippen molar-refractivity contribution in [3.8, 4) is 17.2 Å². The molecule has 2 fully saturated rings. The van der Waals surface area contributed by atoms with E-state index in [-0.39, 0.29) is 35.7 Å². The molecule has 0 spiro atoms. The number of nitrogens with two attached hydrogens (primary N) is 1. The monoisotopic (exact) mass is 603 g/mol. The second kappa shape index (κ2) is 12.1. The number of anilines is 2. The molecule has 0 unspecified atom stereocenters. The number of carbonyl (C=O) groups is 2. The minimum atomic E-state index is -1.38. The fraction of sp³-hybridized carbons (Fsp3) is 0.312. The first kappa shape index (κ1) is 29.4. The van der Waals surface area contributed by atoms with Gasteiger partial charge in [0.1, 0.15) is 29.1 Å². The SMILES string of the molecule is C[C@H]1COCCN1CCOc1cnc2c(Oc3ccc(N(C(=O)C4(C(N)=O)CC4)c4ccc(F)cc4)cc3F)ccnc2c1. The number of hydrogen-bond donors (Lipinski definition) is 1. The van der Waals surface area contributed by atoms with Crippen molar-refractivity contribution in [3.63, 3.8) is 0 Å². The van der Waals surface area contributed by atoms with Crippen molar-refractivity contribution >= 4 is 34.2 Å². The molecule has 1 aliphatic carbocycles. The number of nitrogens with zero attached hydrogens (tertiary/aromatic N) is 4. The van der Waals surface area contributed by atoms with Crippen LogP contribution in [0.25, 0.3) is 11.0 Å². The fourth-order valence-corrected chi connectivity index (χ4v) is 5.23. The van der Waals surface area contributed by atoms with Crippen LogP contribution < -0.4 is 20.1 Å². The van der Waals surface area contributed by atoms with Gasteiger partial charge in [-0.05, 0) is 56.2 Å². The van der Waals surface area contributed by atoms with Crippen LogP contribution in [0.2, 0.25) is 0 Å². The fourth-order valence-electron chi connectivity index (χ4n) is 5.23. The highest BCUT2D eigenvalue weighted by molar-refractivity contribution is 6.16. The molecule has 228 valence electrons. The second-order valence-corrected chi connectivity index (χ2v) is 10.9. The van der Waals surface area contributed by atoms with Gasteiger partial charge >= 0.3 is 0 Å². The molecule has 4 aromatic rings. The number of halogens is 2. The molecule has 10 nitrogen and oxygen atoms in total. The molecule has 2 aromatic heterocycles. The van der Waals surface area contributed by atoms with E-state index in [0.717, 1.165) is 19.2 Å². The average molecular weight is 604 g/mol. The summed E-state index contributed by atoms with van der Waals surface area (Å²) < 4.78 is 46.5.